The summed E-state index contributed by atoms with van der Waals surface area (Å²) in [6.07, 6.45) is 3.39. The van der Waals surface area contributed by atoms with Gasteiger partial charge in [0.05, 0.1) is 11.4 Å². The number of carbonyl (C=O) groups is 1. The van der Waals surface area contributed by atoms with Crippen LogP contribution in [0, 0.1) is 6.92 Å². The largest absolute Gasteiger partial charge is 0.444 e. The molecule has 0 aliphatic carbocycles. The van der Waals surface area contributed by atoms with Gasteiger partial charge in [-0.3, -0.25) is 0 Å². The molecule has 3 aromatic heterocycles. The molecule has 0 spiro atoms. The Morgan fingerprint density at radius 2 is 1.79 bits per heavy atom. The molecular weight excluding hydrogens is 556 g/mol. The molecule has 1 aliphatic heterocycles. The number of aryl methyl sites for hydroxylation is 1. The third-order valence-corrected chi connectivity index (χ3v) is 9.50. The minimum Gasteiger partial charge on any atom is -0.444 e. The van der Waals surface area contributed by atoms with Gasteiger partial charge in [0, 0.05) is 56.6 Å². The number of amides is 1. The summed E-state index contributed by atoms with van der Waals surface area (Å²) >= 11 is 0. The molecule has 230 valence electrons. The Morgan fingerprint density at radius 1 is 1.09 bits per heavy atom. The van der Waals surface area contributed by atoms with Crippen LogP contribution in [0.25, 0.3) is 28.2 Å². The van der Waals surface area contributed by atoms with Crippen molar-refractivity contribution in [1.82, 2.24) is 29.3 Å². The van der Waals surface area contributed by atoms with E-state index in [9.17, 15) is 4.79 Å². The van der Waals surface area contributed by atoms with Crippen LogP contribution in [0.15, 0.2) is 42.9 Å². The number of benzene rings is 1. The lowest BCUT2D eigenvalue weighted by Crippen LogP contribution is -2.50. The van der Waals surface area contributed by atoms with Gasteiger partial charge >= 0.3 is 6.09 Å². The van der Waals surface area contributed by atoms with Crippen molar-refractivity contribution in [3.05, 3.63) is 59.5 Å². The Kier molecular flexibility index (Phi) is 8.55. The molecule has 5 rings (SSSR count). The second-order valence-electron chi connectivity index (χ2n) is 14.3. The van der Waals surface area contributed by atoms with Crippen molar-refractivity contribution < 1.29 is 14.3 Å². The minimum atomic E-state index is -1.22. The lowest BCUT2D eigenvalue weighted by atomic mass is 9.89. The number of likely N-dealkylation sites (tertiary alicyclic amines) is 1. The minimum absolute atomic E-state index is 0.223. The Morgan fingerprint density at radius 3 is 2.42 bits per heavy atom. The maximum Gasteiger partial charge on any atom is 0.410 e. The predicted molar refractivity (Wildman–Crippen MR) is 173 cm³/mol. The van der Waals surface area contributed by atoms with Crippen LogP contribution in [-0.4, -0.2) is 68.7 Å². The van der Waals surface area contributed by atoms with E-state index in [1.807, 2.05) is 36.2 Å². The molecule has 0 N–H and O–H groups in total. The maximum atomic E-state index is 12.4. The lowest BCUT2D eigenvalue weighted by Gasteiger charge is -2.40. The first-order valence-corrected chi connectivity index (χ1v) is 19.0. The zero-order chi connectivity index (χ0) is 31.1. The quantitative estimate of drug-likeness (QED) is 0.147. The molecule has 9 nitrogen and oxygen atoms in total. The van der Waals surface area contributed by atoms with Crippen LogP contribution < -0.4 is 0 Å². The molecule has 0 radical (unpaired) electrons. The smallest absolute Gasteiger partial charge is 0.410 e. The fourth-order valence-electron chi connectivity index (χ4n) is 5.46. The summed E-state index contributed by atoms with van der Waals surface area (Å²) < 4.78 is 15.6. The molecule has 1 fully saturated rings. The molecule has 10 heteroatoms. The molecule has 1 aromatic carbocycles. The van der Waals surface area contributed by atoms with E-state index >= 15 is 0 Å². The first-order chi connectivity index (χ1) is 20.2. The fraction of sp³-hybridized carbons (Fsp3) is 0.515. The number of nitrogens with zero attached hydrogens (tertiary/aromatic N) is 6. The molecule has 4 heterocycles. The number of aromatic nitrogens is 5. The standard InChI is InChI=1S/C33H46N6O3Si/c1-22(2)28-29(25-12-10-24(11-13-25)27-17-37(18-27)32(40)42-33(4,5)6)36-39(21-41-14-15-43(7,8)9)30(28)26-16-23(3)31-34-20-35-38(31)19-26/h10-13,16,19-20,22,27H,14-15,17-18,21H2,1-9H3. The van der Waals surface area contributed by atoms with Crippen LogP contribution >= 0.6 is 0 Å². The van der Waals surface area contributed by atoms with Crippen molar-refractivity contribution in [1.29, 1.82) is 0 Å². The van der Waals surface area contributed by atoms with E-state index in [1.165, 1.54) is 11.1 Å². The van der Waals surface area contributed by atoms with Gasteiger partial charge in [0.15, 0.2) is 5.65 Å². The summed E-state index contributed by atoms with van der Waals surface area (Å²) in [7, 11) is -1.22. The molecule has 1 amide bonds. The van der Waals surface area contributed by atoms with Crippen LogP contribution in [0.2, 0.25) is 25.7 Å². The van der Waals surface area contributed by atoms with Gasteiger partial charge in [0.1, 0.15) is 18.7 Å². The topological polar surface area (TPSA) is 86.8 Å². The maximum absolute atomic E-state index is 12.4. The van der Waals surface area contributed by atoms with E-state index in [1.54, 1.807) is 11.2 Å². The highest BCUT2D eigenvalue weighted by Crippen LogP contribution is 2.39. The molecule has 0 atom stereocenters. The Bertz CT molecular complexity index is 1590. The molecule has 0 bridgehead atoms. The number of ether oxygens (including phenoxy) is 2. The number of pyridine rings is 1. The van der Waals surface area contributed by atoms with Gasteiger partial charge in [-0.25, -0.2) is 19.0 Å². The Balaban J connectivity index is 1.45. The molecule has 4 aromatic rings. The van der Waals surface area contributed by atoms with Gasteiger partial charge in [-0.05, 0) is 56.9 Å². The summed E-state index contributed by atoms with van der Waals surface area (Å²) in [4.78, 5) is 18.6. The van der Waals surface area contributed by atoms with Crippen LogP contribution in [0.3, 0.4) is 0 Å². The normalized spacial score (nSPS) is 14.5. The van der Waals surface area contributed by atoms with Gasteiger partial charge in [-0.15, -0.1) is 0 Å². The van der Waals surface area contributed by atoms with E-state index in [0.717, 1.165) is 46.4 Å². The van der Waals surface area contributed by atoms with Crippen molar-refractivity contribution >= 4 is 19.8 Å². The summed E-state index contributed by atoms with van der Waals surface area (Å²) in [6, 6.07) is 11.9. The highest BCUT2D eigenvalue weighted by molar-refractivity contribution is 6.76. The summed E-state index contributed by atoms with van der Waals surface area (Å²) in [5.41, 5.74) is 7.95. The number of hydrogen-bond donors (Lipinski definition) is 0. The molecule has 0 unspecified atom stereocenters. The van der Waals surface area contributed by atoms with Crippen LogP contribution in [-0.2, 0) is 16.2 Å². The second kappa shape index (κ2) is 11.9. The zero-order valence-electron chi connectivity index (χ0n) is 27.1. The molecule has 1 aliphatic rings. The van der Waals surface area contributed by atoms with E-state index in [0.29, 0.717) is 25.7 Å². The van der Waals surface area contributed by atoms with Crippen molar-refractivity contribution in [2.24, 2.45) is 0 Å². The number of fused-ring (bicyclic) bond motifs is 1. The first-order valence-electron chi connectivity index (χ1n) is 15.3. The van der Waals surface area contributed by atoms with E-state index in [-0.39, 0.29) is 12.0 Å². The highest BCUT2D eigenvalue weighted by Gasteiger charge is 2.34. The van der Waals surface area contributed by atoms with Crippen LogP contribution in [0.4, 0.5) is 4.79 Å². The molecule has 43 heavy (non-hydrogen) atoms. The second-order valence-corrected chi connectivity index (χ2v) is 19.9. The third kappa shape index (κ3) is 7.02. The number of hydrogen-bond acceptors (Lipinski definition) is 6. The van der Waals surface area contributed by atoms with Crippen LogP contribution in [0.5, 0.6) is 0 Å². The molecule has 0 saturated carbocycles. The Hall–Kier alpha value is -3.50. The SMILES string of the molecule is Cc1cc(-c2c(C(C)C)c(-c3ccc(C4CN(C(=O)OC(C)(C)C)C4)cc3)nn2COCC[Si](C)(C)C)cn2ncnc12. The Labute approximate surface area is 256 Å². The lowest BCUT2D eigenvalue weighted by molar-refractivity contribution is 0.00819. The van der Waals surface area contributed by atoms with E-state index in [4.69, 9.17) is 14.6 Å². The van der Waals surface area contributed by atoms with Gasteiger partial charge < -0.3 is 14.4 Å². The number of carbonyl (C=O) groups excluding carboxylic acids is 1. The predicted octanol–water partition coefficient (Wildman–Crippen LogP) is 7.34. The van der Waals surface area contributed by atoms with E-state index < -0.39 is 13.7 Å². The van der Waals surface area contributed by atoms with E-state index in [2.05, 4.69) is 80.8 Å². The molecule has 1 saturated heterocycles. The van der Waals surface area contributed by atoms with Crippen molar-refractivity contribution in [3.63, 3.8) is 0 Å². The molecular formula is C33H46N6O3Si. The van der Waals surface area contributed by atoms with Crippen molar-refractivity contribution in [2.45, 2.75) is 91.4 Å². The number of rotatable bonds is 9. The average molecular weight is 603 g/mol. The fourth-order valence-corrected chi connectivity index (χ4v) is 6.22. The summed E-state index contributed by atoms with van der Waals surface area (Å²) in [6.45, 7) is 21.7. The van der Waals surface area contributed by atoms with Gasteiger partial charge in [-0.1, -0.05) is 57.8 Å². The van der Waals surface area contributed by atoms with Crippen molar-refractivity contribution in [3.8, 4) is 22.5 Å². The summed E-state index contributed by atoms with van der Waals surface area (Å²) in [5, 5.41) is 9.60. The van der Waals surface area contributed by atoms with Crippen molar-refractivity contribution in [2.75, 3.05) is 19.7 Å². The highest BCUT2D eigenvalue weighted by atomic mass is 28.3. The monoisotopic (exact) mass is 602 g/mol. The van der Waals surface area contributed by atoms with Gasteiger partial charge in [0.25, 0.3) is 0 Å². The van der Waals surface area contributed by atoms with Gasteiger partial charge in [-0.2, -0.15) is 10.2 Å². The first kappa shape index (κ1) is 30.9. The average Bonchev–Trinajstić information content (AvgIpc) is 3.50. The third-order valence-electron chi connectivity index (χ3n) is 7.80. The zero-order valence-corrected chi connectivity index (χ0v) is 28.1. The van der Waals surface area contributed by atoms with Gasteiger partial charge in [0.2, 0.25) is 0 Å². The van der Waals surface area contributed by atoms with Crippen LogP contribution in [0.1, 0.15) is 63.1 Å². The summed E-state index contributed by atoms with van der Waals surface area (Å²) in [5.74, 6) is 0.526.